The summed E-state index contributed by atoms with van der Waals surface area (Å²) in [6.07, 6.45) is 7.47. The summed E-state index contributed by atoms with van der Waals surface area (Å²) in [7, 11) is 0. The molecule has 0 spiro atoms. The number of aromatic nitrogens is 2. The summed E-state index contributed by atoms with van der Waals surface area (Å²) < 4.78 is 2.21. The second-order valence-electron chi connectivity index (χ2n) is 4.28. The maximum atomic E-state index is 4.47. The molecule has 0 bridgehead atoms. The van der Waals surface area contributed by atoms with E-state index in [1.54, 1.807) is 0 Å². The number of fused-ring (bicyclic) bond motifs is 1. The highest BCUT2D eigenvalue weighted by Crippen LogP contribution is 2.17. The summed E-state index contributed by atoms with van der Waals surface area (Å²) in [5.74, 6) is 0. The predicted octanol–water partition coefficient (Wildman–Crippen LogP) is 2.52. The Morgan fingerprint density at radius 3 is 3.12 bits per heavy atom. The Bertz CT molecular complexity index is 539. The fourth-order valence-electron chi connectivity index (χ4n) is 2.20. The minimum atomic E-state index is 0.899. The minimum Gasteiger partial charge on any atom is -0.360 e. The largest absolute Gasteiger partial charge is 0.360 e. The average Bonchev–Trinajstić information content (AvgIpc) is 2.90. The second kappa shape index (κ2) is 3.67. The first-order chi connectivity index (χ1) is 7.84. The molecule has 0 fully saturated rings. The van der Waals surface area contributed by atoms with Gasteiger partial charge in [-0.2, -0.15) is 0 Å². The number of nitrogens with zero attached hydrogens (tertiary/aromatic N) is 3. The molecule has 1 aliphatic heterocycles. The van der Waals surface area contributed by atoms with E-state index in [4.69, 9.17) is 0 Å². The van der Waals surface area contributed by atoms with Crippen LogP contribution in [0.3, 0.4) is 0 Å². The summed E-state index contributed by atoms with van der Waals surface area (Å²) in [6.45, 7) is 4.12. The molecule has 3 rings (SSSR count). The number of rotatable bonds is 2. The Hall–Kier alpha value is -1.77. The van der Waals surface area contributed by atoms with Gasteiger partial charge in [-0.15, -0.1) is 0 Å². The van der Waals surface area contributed by atoms with Gasteiger partial charge in [-0.25, -0.2) is 4.98 Å². The molecule has 3 nitrogen and oxygen atoms in total. The quantitative estimate of drug-likeness (QED) is 0.764. The first-order valence-corrected chi connectivity index (χ1v) is 5.66. The van der Waals surface area contributed by atoms with E-state index in [2.05, 4.69) is 51.8 Å². The molecule has 1 aliphatic rings. The minimum absolute atomic E-state index is 0.899. The molecule has 0 atom stereocenters. The molecule has 2 aromatic rings. The molecule has 82 valence electrons. The zero-order valence-corrected chi connectivity index (χ0v) is 9.43. The van der Waals surface area contributed by atoms with E-state index >= 15 is 0 Å². The summed E-state index contributed by atoms with van der Waals surface area (Å²) >= 11 is 0. The molecule has 0 unspecified atom stereocenters. The Morgan fingerprint density at radius 1 is 1.38 bits per heavy atom. The topological polar surface area (TPSA) is 21.1 Å². The molecule has 0 saturated heterocycles. The molecule has 0 aliphatic carbocycles. The third kappa shape index (κ3) is 1.48. The molecule has 3 heteroatoms. The molecule has 16 heavy (non-hydrogen) atoms. The van der Waals surface area contributed by atoms with Crippen LogP contribution in [0.5, 0.6) is 0 Å². The van der Waals surface area contributed by atoms with E-state index in [0.29, 0.717) is 0 Å². The van der Waals surface area contributed by atoms with Gasteiger partial charge < -0.3 is 9.47 Å². The molecule has 0 saturated carbocycles. The van der Waals surface area contributed by atoms with Crippen molar-refractivity contribution in [3.63, 3.8) is 0 Å². The molecule has 1 aromatic heterocycles. The summed E-state index contributed by atoms with van der Waals surface area (Å²) in [5.41, 5.74) is 3.58. The first kappa shape index (κ1) is 9.46. The maximum absolute atomic E-state index is 4.47. The van der Waals surface area contributed by atoms with Gasteiger partial charge in [-0.1, -0.05) is 18.2 Å². The summed E-state index contributed by atoms with van der Waals surface area (Å²) in [6, 6.07) is 6.33. The lowest BCUT2D eigenvalue weighted by Crippen LogP contribution is -2.18. The number of para-hydroxylation sites is 1. The van der Waals surface area contributed by atoms with E-state index in [-0.39, 0.29) is 0 Å². The lowest BCUT2D eigenvalue weighted by Gasteiger charge is -2.16. The molecule has 1 aromatic carbocycles. The van der Waals surface area contributed by atoms with Crippen LogP contribution in [0.4, 0.5) is 0 Å². The third-order valence-corrected chi connectivity index (χ3v) is 3.09. The van der Waals surface area contributed by atoms with Crippen LogP contribution < -0.4 is 0 Å². The van der Waals surface area contributed by atoms with Crippen molar-refractivity contribution >= 4 is 11.0 Å². The van der Waals surface area contributed by atoms with E-state index in [9.17, 15) is 0 Å². The Morgan fingerprint density at radius 2 is 2.31 bits per heavy atom. The highest BCUT2D eigenvalue weighted by atomic mass is 15.3. The van der Waals surface area contributed by atoms with Gasteiger partial charge in [-0.3, -0.25) is 0 Å². The lowest BCUT2D eigenvalue weighted by atomic mass is 10.2. The normalized spacial score (nSPS) is 15.2. The van der Waals surface area contributed by atoms with E-state index < -0.39 is 0 Å². The van der Waals surface area contributed by atoms with Crippen molar-refractivity contribution in [2.45, 2.75) is 20.0 Å². The Kier molecular flexibility index (Phi) is 2.17. The van der Waals surface area contributed by atoms with Crippen molar-refractivity contribution < 1.29 is 0 Å². The van der Waals surface area contributed by atoms with Gasteiger partial charge in [-0.05, 0) is 31.2 Å². The fraction of sp³-hybridized carbons (Fsp3) is 0.308. The van der Waals surface area contributed by atoms with Crippen molar-refractivity contribution in [1.82, 2.24) is 14.5 Å². The van der Waals surface area contributed by atoms with E-state index in [0.717, 1.165) is 25.2 Å². The van der Waals surface area contributed by atoms with Crippen LogP contribution in [0.2, 0.25) is 0 Å². The monoisotopic (exact) mass is 213 g/mol. The van der Waals surface area contributed by atoms with Gasteiger partial charge in [0, 0.05) is 6.54 Å². The Labute approximate surface area is 95.0 Å². The summed E-state index contributed by atoms with van der Waals surface area (Å²) in [5, 5.41) is 0. The van der Waals surface area contributed by atoms with Gasteiger partial charge in [0.2, 0.25) is 0 Å². The fourth-order valence-corrected chi connectivity index (χ4v) is 2.20. The SMILES string of the molecule is Cc1cccc2c1ncn2CN1C=CCC1. The zero-order valence-electron chi connectivity index (χ0n) is 9.43. The van der Waals surface area contributed by atoms with E-state index in [1.165, 1.54) is 11.1 Å². The van der Waals surface area contributed by atoms with Crippen LogP contribution in [0, 0.1) is 6.92 Å². The van der Waals surface area contributed by atoms with Gasteiger partial charge in [0.05, 0.1) is 24.0 Å². The van der Waals surface area contributed by atoms with Crippen molar-refractivity contribution in [3.8, 4) is 0 Å². The highest BCUT2D eigenvalue weighted by Gasteiger charge is 2.08. The first-order valence-electron chi connectivity index (χ1n) is 5.66. The van der Waals surface area contributed by atoms with Crippen LogP contribution in [-0.2, 0) is 6.67 Å². The second-order valence-corrected chi connectivity index (χ2v) is 4.28. The van der Waals surface area contributed by atoms with Crippen molar-refractivity contribution in [2.24, 2.45) is 0 Å². The predicted molar refractivity (Wildman–Crippen MR) is 64.9 cm³/mol. The van der Waals surface area contributed by atoms with Crippen molar-refractivity contribution in [2.75, 3.05) is 6.54 Å². The highest BCUT2D eigenvalue weighted by molar-refractivity contribution is 5.78. The zero-order chi connectivity index (χ0) is 11.0. The number of benzene rings is 1. The molecule has 0 radical (unpaired) electrons. The van der Waals surface area contributed by atoms with Crippen LogP contribution in [0.1, 0.15) is 12.0 Å². The molecule has 0 amide bonds. The third-order valence-electron chi connectivity index (χ3n) is 3.09. The standard InChI is InChI=1S/C13H15N3/c1-11-5-4-6-12-13(11)14-9-16(12)10-15-7-2-3-8-15/h2,4-7,9H,3,8,10H2,1H3. The maximum Gasteiger partial charge on any atom is 0.0973 e. The number of hydrogen-bond donors (Lipinski definition) is 0. The van der Waals surface area contributed by atoms with E-state index in [1.807, 2.05) is 6.33 Å². The van der Waals surface area contributed by atoms with Gasteiger partial charge >= 0.3 is 0 Å². The van der Waals surface area contributed by atoms with Crippen LogP contribution in [0.15, 0.2) is 36.8 Å². The van der Waals surface area contributed by atoms with Crippen LogP contribution >= 0.6 is 0 Å². The number of aryl methyl sites for hydroxylation is 1. The molecule has 2 heterocycles. The number of imidazole rings is 1. The molecular weight excluding hydrogens is 198 g/mol. The summed E-state index contributed by atoms with van der Waals surface area (Å²) in [4.78, 5) is 6.78. The van der Waals surface area contributed by atoms with Crippen LogP contribution in [-0.4, -0.2) is 21.0 Å². The average molecular weight is 213 g/mol. The Balaban J connectivity index is 1.98. The van der Waals surface area contributed by atoms with Crippen LogP contribution in [0.25, 0.3) is 11.0 Å². The smallest absolute Gasteiger partial charge is 0.0973 e. The van der Waals surface area contributed by atoms with Gasteiger partial charge in [0.1, 0.15) is 0 Å². The van der Waals surface area contributed by atoms with Crippen molar-refractivity contribution in [3.05, 3.63) is 42.4 Å². The van der Waals surface area contributed by atoms with Gasteiger partial charge in [0.15, 0.2) is 0 Å². The molecular formula is C13H15N3. The molecule has 0 N–H and O–H groups in total. The number of hydrogen-bond acceptors (Lipinski definition) is 2. The van der Waals surface area contributed by atoms with Gasteiger partial charge in [0.25, 0.3) is 0 Å². The van der Waals surface area contributed by atoms with Crippen molar-refractivity contribution in [1.29, 1.82) is 0 Å². The lowest BCUT2D eigenvalue weighted by molar-refractivity contribution is 0.332.